The van der Waals surface area contributed by atoms with Crippen LogP contribution in [0.5, 0.6) is 0 Å². The second kappa shape index (κ2) is 13.2. The molecule has 3 amide bonds. The van der Waals surface area contributed by atoms with Crippen molar-refractivity contribution in [3.63, 3.8) is 0 Å². The molecule has 10 heteroatoms. The Labute approximate surface area is 244 Å². The van der Waals surface area contributed by atoms with Gasteiger partial charge in [-0.2, -0.15) is 0 Å². The van der Waals surface area contributed by atoms with Crippen LogP contribution < -0.4 is 10.2 Å². The molecule has 2 aliphatic rings. The number of nitrogens with one attached hydrogen (secondary N) is 1. The number of amides is 3. The van der Waals surface area contributed by atoms with E-state index < -0.39 is 17.8 Å². The normalized spacial score (nSPS) is 17.3. The van der Waals surface area contributed by atoms with E-state index in [1.807, 2.05) is 0 Å². The van der Waals surface area contributed by atoms with Gasteiger partial charge < -0.3 is 10.1 Å². The first-order valence-corrected chi connectivity index (χ1v) is 14.8. The van der Waals surface area contributed by atoms with Crippen molar-refractivity contribution in [1.82, 2.24) is 4.90 Å². The van der Waals surface area contributed by atoms with Crippen LogP contribution in [0.2, 0.25) is 0 Å². The van der Waals surface area contributed by atoms with Gasteiger partial charge in [0.1, 0.15) is 10.9 Å². The Morgan fingerprint density at radius 3 is 2.40 bits per heavy atom. The highest BCUT2D eigenvalue weighted by atomic mass is 32.2. The Morgan fingerprint density at radius 1 is 1.00 bits per heavy atom. The fourth-order valence-electron chi connectivity index (χ4n) is 4.79. The summed E-state index contributed by atoms with van der Waals surface area (Å²) in [6.07, 6.45) is 4.14. The monoisotopic (exact) mass is 579 g/mol. The average molecular weight is 580 g/mol. The van der Waals surface area contributed by atoms with E-state index in [4.69, 9.17) is 17.0 Å². The number of fused-ring (bicyclic) bond motifs is 1. The quantitative estimate of drug-likeness (QED) is 0.209. The Balaban J connectivity index is 1.53. The van der Waals surface area contributed by atoms with Crippen LogP contribution in [-0.2, 0) is 19.1 Å². The number of hydrogen-bond donors (Lipinski definition) is 1. The number of ether oxygens (including phenoxy) is 1. The summed E-state index contributed by atoms with van der Waals surface area (Å²) in [7, 11) is 0. The first-order chi connectivity index (χ1) is 19.3. The minimum atomic E-state index is -0.441. The van der Waals surface area contributed by atoms with Crippen LogP contribution in [0, 0.1) is 5.92 Å². The molecule has 0 aromatic heterocycles. The van der Waals surface area contributed by atoms with Gasteiger partial charge in [0, 0.05) is 17.8 Å². The number of esters is 1. The minimum absolute atomic E-state index is 0.242. The summed E-state index contributed by atoms with van der Waals surface area (Å²) in [6.45, 7) is 6.56. The van der Waals surface area contributed by atoms with E-state index in [9.17, 15) is 19.2 Å². The Hall–Kier alpha value is -3.50. The number of unbranched alkanes of at least 4 members (excludes halogenated alkanes) is 1. The first-order valence-electron chi connectivity index (χ1n) is 13.5. The van der Waals surface area contributed by atoms with Crippen LogP contribution in [0.4, 0.5) is 11.4 Å². The van der Waals surface area contributed by atoms with Gasteiger partial charge in [0.15, 0.2) is 0 Å². The second-order valence-corrected chi connectivity index (χ2v) is 11.3. The summed E-state index contributed by atoms with van der Waals surface area (Å²) in [5.74, 6) is -1.18. The molecule has 0 unspecified atom stereocenters. The van der Waals surface area contributed by atoms with Crippen LogP contribution in [0.1, 0.15) is 62.4 Å². The number of nitrogens with zero attached hydrogens (tertiary/aromatic N) is 2. The van der Waals surface area contributed by atoms with Gasteiger partial charge in [0.25, 0.3) is 11.8 Å². The molecule has 210 valence electrons. The highest BCUT2D eigenvalue weighted by Gasteiger charge is 2.42. The van der Waals surface area contributed by atoms with Gasteiger partial charge in [-0.15, -0.1) is 0 Å². The summed E-state index contributed by atoms with van der Waals surface area (Å²) < 4.78 is 5.44. The summed E-state index contributed by atoms with van der Waals surface area (Å²) in [4.78, 5) is 55.4. The molecule has 8 nitrogen and oxygen atoms in total. The maximum Gasteiger partial charge on any atom is 0.338 e. The van der Waals surface area contributed by atoms with E-state index in [0.29, 0.717) is 44.2 Å². The molecule has 2 aromatic rings. The first kappa shape index (κ1) is 29.5. The Bertz CT molecular complexity index is 1360. The molecule has 2 heterocycles. The molecule has 0 radical (unpaired) electrons. The van der Waals surface area contributed by atoms with Gasteiger partial charge in [-0.05, 0) is 49.6 Å². The lowest BCUT2D eigenvalue weighted by atomic mass is 9.98. The van der Waals surface area contributed by atoms with Gasteiger partial charge in [-0.1, -0.05) is 75.3 Å². The Morgan fingerprint density at radius 2 is 1.73 bits per heavy atom. The molecule has 1 saturated heterocycles. The van der Waals surface area contributed by atoms with Gasteiger partial charge in [-0.25, -0.2) is 4.79 Å². The van der Waals surface area contributed by atoms with E-state index >= 15 is 0 Å². The zero-order valence-corrected chi connectivity index (χ0v) is 24.5. The predicted octanol–water partition coefficient (Wildman–Crippen LogP) is 5.64. The van der Waals surface area contributed by atoms with E-state index in [1.165, 1.54) is 4.90 Å². The lowest BCUT2D eigenvalue weighted by Gasteiger charge is -2.21. The van der Waals surface area contributed by atoms with Crippen molar-refractivity contribution < 1.29 is 23.9 Å². The molecule has 0 aliphatic carbocycles. The van der Waals surface area contributed by atoms with Gasteiger partial charge >= 0.3 is 5.97 Å². The molecule has 40 heavy (non-hydrogen) atoms. The number of rotatable bonds is 11. The van der Waals surface area contributed by atoms with E-state index in [1.54, 1.807) is 60.4 Å². The number of anilines is 2. The van der Waals surface area contributed by atoms with Crippen molar-refractivity contribution in [3.05, 3.63) is 64.6 Å². The Kier molecular flexibility index (Phi) is 9.76. The molecular weight excluding hydrogens is 546 g/mol. The predicted molar refractivity (Wildman–Crippen MR) is 162 cm³/mol. The van der Waals surface area contributed by atoms with Crippen LogP contribution >= 0.6 is 24.0 Å². The van der Waals surface area contributed by atoms with Crippen molar-refractivity contribution >= 4 is 68.9 Å². The van der Waals surface area contributed by atoms with Crippen LogP contribution in [0.15, 0.2) is 53.4 Å². The maximum absolute atomic E-state index is 13.7. The average Bonchev–Trinajstić information content (AvgIpc) is 3.38. The molecule has 0 spiro atoms. The zero-order valence-electron chi connectivity index (χ0n) is 22.9. The summed E-state index contributed by atoms with van der Waals surface area (Å²) in [5.41, 5.74) is 2.31. The van der Waals surface area contributed by atoms with Crippen molar-refractivity contribution in [2.24, 2.45) is 5.92 Å². The summed E-state index contributed by atoms with van der Waals surface area (Å²) in [5, 5.41) is 2.77. The molecule has 0 bridgehead atoms. The van der Waals surface area contributed by atoms with Crippen LogP contribution in [-0.4, -0.2) is 52.6 Å². The van der Waals surface area contributed by atoms with Crippen LogP contribution in [0.25, 0.3) is 5.57 Å². The smallest absolute Gasteiger partial charge is 0.338 e. The molecule has 0 saturated carbocycles. The number of carbonyl (C=O) groups is 4. The molecule has 2 aliphatic heterocycles. The van der Waals surface area contributed by atoms with Crippen molar-refractivity contribution in [2.75, 3.05) is 29.9 Å². The number of carbonyl (C=O) groups excluding carboxylic acids is 4. The minimum Gasteiger partial charge on any atom is -0.462 e. The molecule has 2 aromatic carbocycles. The fourth-order valence-corrected chi connectivity index (χ4v) is 6.13. The topological polar surface area (TPSA) is 96.0 Å². The lowest BCUT2D eigenvalue weighted by molar-refractivity contribution is -0.123. The van der Waals surface area contributed by atoms with E-state index in [2.05, 4.69) is 19.2 Å². The SMILES string of the molecule is CCCC[C@@H](CC)CN1C(=O)/C(=C2/C(=O)N(CC(=O)Nc3ccc(C(=O)OCC)cc3)c3ccccc32)SC1=S. The number of para-hydroxylation sites is 1. The van der Waals surface area contributed by atoms with Gasteiger partial charge in [-0.3, -0.25) is 24.2 Å². The molecular formula is C30H33N3O5S2. The third-order valence-corrected chi connectivity index (χ3v) is 8.41. The van der Waals surface area contributed by atoms with E-state index in [-0.39, 0.29) is 24.6 Å². The standard InChI is InChI=1S/C30H33N3O5S2/c1-4-7-10-19(5-2)17-33-28(36)26(40-30(33)39)25-22-11-8-9-12-23(22)32(27(25)35)18-24(34)31-21-15-13-20(14-16-21)29(37)38-6-3/h8-9,11-16,19H,4-7,10,17-18H2,1-3H3,(H,31,34)/b26-25-/t19-/m1/s1. The van der Waals surface area contributed by atoms with Gasteiger partial charge in [0.2, 0.25) is 5.91 Å². The zero-order chi connectivity index (χ0) is 28.8. The second-order valence-electron chi connectivity index (χ2n) is 9.66. The molecule has 1 fully saturated rings. The van der Waals surface area contributed by atoms with Crippen molar-refractivity contribution in [3.8, 4) is 0 Å². The third-order valence-electron chi connectivity index (χ3n) is 6.96. The number of benzene rings is 2. The fraction of sp³-hybridized carbons (Fsp3) is 0.367. The van der Waals surface area contributed by atoms with Crippen molar-refractivity contribution in [1.29, 1.82) is 0 Å². The van der Waals surface area contributed by atoms with Crippen molar-refractivity contribution in [2.45, 2.75) is 46.5 Å². The van der Waals surface area contributed by atoms with Crippen LogP contribution in [0.3, 0.4) is 0 Å². The third kappa shape index (κ3) is 6.28. The largest absolute Gasteiger partial charge is 0.462 e. The molecule has 1 N–H and O–H groups in total. The number of thiocarbonyl (C=S) groups is 1. The molecule has 1 atom stereocenters. The van der Waals surface area contributed by atoms with Gasteiger partial charge in [0.05, 0.1) is 28.3 Å². The maximum atomic E-state index is 13.7. The lowest BCUT2D eigenvalue weighted by Crippen LogP contribution is -2.36. The highest BCUT2D eigenvalue weighted by molar-refractivity contribution is 8.26. The van der Waals surface area contributed by atoms with E-state index in [0.717, 1.165) is 37.4 Å². The number of hydrogen-bond acceptors (Lipinski definition) is 7. The summed E-state index contributed by atoms with van der Waals surface area (Å²) >= 11 is 6.73. The summed E-state index contributed by atoms with van der Waals surface area (Å²) in [6, 6.07) is 13.5. The molecule has 4 rings (SSSR count). The highest BCUT2D eigenvalue weighted by Crippen LogP contribution is 2.44. The number of thioether (sulfide) groups is 1.